The molecular formula is C24H34N2O2. The van der Waals surface area contributed by atoms with E-state index >= 15 is 0 Å². The first-order valence-electron chi connectivity index (χ1n) is 10.7. The molecule has 2 aromatic rings. The highest BCUT2D eigenvalue weighted by Crippen LogP contribution is 2.25. The van der Waals surface area contributed by atoms with Gasteiger partial charge in [0.25, 0.3) is 0 Å². The number of aryl methyl sites for hydroxylation is 1. The van der Waals surface area contributed by atoms with E-state index in [0.29, 0.717) is 24.7 Å². The van der Waals surface area contributed by atoms with Gasteiger partial charge in [-0.25, -0.2) is 4.79 Å². The van der Waals surface area contributed by atoms with Crippen molar-refractivity contribution >= 4 is 5.97 Å². The molecule has 0 spiro atoms. The van der Waals surface area contributed by atoms with E-state index in [1.54, 1.807) is 0 Å². The van der Waals surface area contributed by atoms with Crippen LogP contribution in [0.5, 0.6) is 0 Å². The van der Waals surface area contributed by atoms with E-state index < -0.39 is 5.97 Å². The van der Waals surface area contributed by atoms with Gasteiger partial charge in [-0.3, -0.25) is 0 Å². The third-order valence-corrected chi connectivity index (χ3v) is 6.22. The number of carbonyl (C=O) groups is 1. The SMILES string of the molecule is Cc1cccc(Cn2c(C)c(CNC3CCCCCCC3)c(C(=O)O)c2C)c1. The molecule has 4 nitrogen and oxygen atoms in total. The maximum atomic E-state index is 12.0. The quantitative estimate of drug-likeness (QED) is 0.707. The van der Waals surface area contributed by atoms with Gasteiger partial charge in [0.15, 0.2) is 0 Å². The van der Waals surface area contributed by atoms with Crippen molar-refractivity contribution in [3.63, 3.8) is 0 Å². The molecule has 1 aromatic heterocycles. The molecule has 1 saturated carbocycles. The Bertz CT molecular complexity index is 814. The Kier molecular flexibility index (Phi) is 6.95. The zero-order valence-electron chi connectivity index (χ0n) is 17.6. The zero-order valence-corrected chi connectivity index (χ0v) is 17.6. The summed E-state index contributed by atoms with van der Waals surface area (Å²) in [6.07, 6.45) is 8.95. The third-order valence-electron chi connectivity index (χ3n) is 6.22. The Labute approximate surface area is 169 Å². The predicted octanol–water partition coefficient (Wildman–Crippen LogP) is 5.36. The minimum atomic E-state index is -0.821. The summed E-state index contributed by atoms with van der Waals surface area (Å²) < 4.78 is 2.16. The molecule has 1 aliphatic carbocycles. The number of carboxylic acids is 1. The second-order valence-corrected chi connectivity index (χ2v) is 8.33. The van der Waals surface area contributed by atoms with Gasteiger partial charge in [0.05, 0.1) is 5.56 Å². The number of hydrogen-bond acceptors (Lipinski definition) is 2. The summed E-state index contributed by atoms with van der Waals surface area (Å²) in [5.74, 6) is -0.821. The van der Waals surface area contributed by atoms with Crippen molar-refractivity contribution in [2.24, 2.45) is 0 Å². The first-order valence-corrected chi connectivity index (χ1v) is 10.7. The molecule has 1 aliphatic rings. The van der Waals surface area contributed by atoms with E-state index in [1.807, 2.05) is 6.92 Å². The molecule has 0 saturated heterocycles. The highest BCUT2D eigenvalue weighted by molar-refractivity contribution is 5.91. The van der Waals surface area contributed by atoms with Crippen LogP contribution in [0.25, 0.3) is 0 Å². The van der Waals surface area contributed by atoms with E-state index in [9.17, 15) is 9.90 Å². The second kappa shape index (κ2) is 9.42. The molecule has 152 valence electrons. The summed E-state index contributed by atoms with van der Waals surface area (Å²) in [7, 11) is 0. The first kappa shape index (κ1) is 20.7. The Morgan fingerprint density at radius 1 is 1.07 bits per heavy atom. The molecule has 1 heterocycles. The largest absolute Gasteiger partial charge is 0.478 e. The lowest BCUT2D eigenvalue weighted by molar-refractivity contribution is 0.0694. The molecule has 4 heteroatoms. The van der Waals surface area contributed by atoms with Gasteiger partial charge in [-0.2, -0.15) is 0 Å². The second-order valence-electron chi connectivity index (χ2n) is 8.33. The van der Waals surface area contributed by atoms with Crippen molar-refractivity contribution in [3.8, 4) is 0 Å². The third kappa shape index (κ3) is 4.85. The number of aromatic carboxylic acids is 1. The van der Waals surface area contributed by atoms with Crippen molar-refractivity contribution in [1.29, 1.82) is 0 Å². The molecule has 1 fully saturated rings. The summed E-state index contributed by atoms with van der Waals surface area (Å²) in [5.41, 5.74) is 5.76. The highest BCUT2D eigenvalue weighted by Gasteiger charge is 2.23. The zero-order chi connectivity index (χ0) is 20.1. The maximum Gasteiger partial charge on any atom is 0.337 e. The van der Waals surface area contributed by atoms with Crippen LogP contribution in [-0.4, -0.2) is 21.7 Å². The molecule has 0 aliphatic heterocycles. The van der Waals surface area contributed by atoms with Crippen molar-refractivity contribution in [2.45, 2.75) is 84.8 Å². The van der Waals surface area contributed by atoms with Gasteiger partial charge in [0, 0.05) is 36.1 Å². The molecule has 28 heavy (non-hydrogen) atoms. The van der Waals surface area contributed by atoms with Crippen LogP contribution in [0.15, 0.2) is 24.3 Å². The molecule has 0 atom stereocenters. The number of carboxylic acid groups (broad SMARTS) is 1. The summed E-state index contributed by atoms with van der Waals surface area (Å²) >= 11 is 0. The average Bonchev–Trinajstić information content (AvgIpc) is 2.85. The monoisotopic (exact) mass is 382 g/mol. The molecule has 1 aromatic carbocycles. The number of aromatic nitrogens is 1. The topological polar surface area (TPSA) is 54.3 Å². The number of hydrogen-bond donors (Lipinski definition) is 2. The van der Waals surface area contributed by atoms with Crippen molar-refractivity contribution < 1.29 is 9.90 Å². The van der Waals surface area contributed by atoms with Crippen LogP contribution in [0, 0.1) is 20.8 Å². The summed E-state index contributed by atoms with van der Waals surface area (Å²) in [4.78, 5) is 12.0. The number of nitrogens with zero attached hydrogens (tertiary/aromatic N) is 1. The smallest absolute Gasteiger partial charge is 0.337 e. The lowest BCUT2D eigenvalue weighted by Gasteiger charge is -2.21. The summed E-state index contributed by atoms with van der Waals surface area (Å²) in [6, 6.07) is 8.94. The fourth-order valence-electron chi connectivity index (χ4n) is 4.59. The normalized spacial score (nSPS) is 16.0. The van der Waals surface area contributed by atoms with Crippen LogP contribution >= 0.6 is 0 Å². The number of benzene rings is 1. The van der Waals surface area contributed by atoms with E-state index in [2.05, 4.69) is 48.0 Å². The van der Waals surface area contributed by atoms with Gasteiger partial charge in [-0.15, -0.1) is 0 Å². The van der Waals surface area contributed by atoms with Crippen LogP contribution in [0.2, 0.25) is 0 Å². The Morgan fingerprint density at radius 2 is 1.75 bits per heavy atom. The molecular weight excluding hydrogens is 348 g/mol. The molecule has 0 unspecified atom stereocenters. The minimum absolute atomic E-state index is 0.475. The van der Waals surface area contributed by atoms with Crippen molar-refractivity contribution in [2.75, 3.05) is 0 Å². The fraction of sp³-hybridized carbons (Fsp3) is 0.542. The fourth-order valence-corrected chi connectivity index (χ4v) is 4.59. The van der Waals surface area contributed by atoms with Crippen molar-refractivity contribution in [3.05, 3.63) is 57.9 Å². The Morgan fingerprint density at radius 3 is 2.39 bits per heavy atom. The van der Waals surface area contributed by atoms with Crippen LogP contribution in [-0.2, 0) is 13.1 Å². The van der Waals surface area contributed by atoms with Crippen LogP contribution < -0.4 is 5.32 Å². The summed E-state index contributed by atoms with van der Waals surface area (Å²) in [5, 5.41) is 13.6. The van der Waals surface area contributed by atoms with E-state index in [-0.39, 0.29) is 0 Å². The van der Waals surface area contributed by atoms with E-state index in [1.165, 1.54) is 56.1 Å². The molecule has 0 bridgehead atoms. The van der Waals surface area contributed by atoms with Gasteiger partial charge in [0.1, 0.15) is 0 Å². The standard InChI is InChI=1S/C24H34N2O2/c1-17-10-9-11-20(14-17)16-26-18(2)22(23(19(26)3)24(27)28)15-25-21-12-7-5-4-6-8-13-21/h9-11,14,21,25H,4-8,12-13,15-16H2,1-3H3,(H,27,28). The molecule has 0 radical (unpaired) electrons. The van der Waals surface area contributed by atoms with Crippen LogP contribution in [0.1, 0.15) is 83.4 Å². The van der Waals surface area contributed by atoms with Gasteiger partial charge < -0.3 is 15.0 Å². The predicted molar refractivity (Wildman–Crippen MR) is 114 cm³/mol. The lowest BCUT2D eigenvalue weighted by Crippen LogP contribution is -2.30. The molecule has 0 amide bonds. The lowest BCUT2D eigenvalue weighted by atomic mass is 9.96. The summed E-state index contributed by atoms with van der Waals surface area (Å²) in [6.45, 7) is 7.44. The van der Waals surface area contributed by atoms with Gasteiger partial charge in [-0.1, -0.05) is 61.9 Å². The number of nitrogens with one attached hydrogen (secondary N) is 1. The Hall–Kier alpha value is -2.07. The van der Waals surface area contributed by atoms with E-state index in [4.69, 9.17) is 0 Å². The number of rotatable bonds is 6. The molecule has 2 N–H and O–H groups in total. The van der Waals surface area contributed by atoms with E-state index in [0.717, 1.165) is 17.0 Å². The van der Waals surface area contributed by atoms with Crippen LogP contribution in [0.3, 0.4) is 0 Å². The minimum Gasteiger partial charge on any atom is -0.478 e. The maximum absolute atomic E-state index is 12.0. The molecule has 3 rings (SSSR count). The van der Waals surface area contributed by atoms with Gasteiger partial charge >= 0.3 is 5.97 Å². The van der Waals surface area contributed by atoms with Gasteiger partial charge in [0.2, 0.25) is 0 Å². The highest BCUT2D eigenvalue weighted by atomic mass is 16.4. The van der Waals surface area contributed by atoms with Gasteiger partial charge in [-0.05, 0) is 39.2 Å². The average molecular weight is 383 g/mol. The van der Waals surface area contributed by atoms with Crippen molar-refractivity contribution in [1.82, 2.24) is 9.88 Å². The van der Waals surface area contributed by atoms with Crippen LogP contribution in [0.4, 0.5) is 0 Å². The first-order chi connectivity index (χ1) is 13.5. The Balaban J connectivity index is 1.82.